The Kier molecular flexibility index (Phi) is 3.43. The number of rotatable bonds is 2. The van der Waals surface area contributed by atoms with Crippen molar-refractivity contribution >= 4 is 28.8 Å². The Morgan fingerprint density at radius 3 is 2.50 bits per heavy atom. The SMILES string of the molecule is Cc1ccsc1C(=O)NC(=O)c1ccccc1N. The molecule has 2 rings (SSSR count). The third-order valence-electron chi connectivity index (χ3n) is 2.50. The molecule has 3 N–H and O–H groups in total. The molecule has 18 heavy (non-hydrogen) atoms. The van der Waals surface area contributed by atoms with E-state index >= 15 is 0 Å². The molecule has 0 saturated heterocycles. The number of anilines is 1. The summed E-state index contributed by atoms with van der Waals surface area (Å²) < 4.78 is 0. The Bertz CT molecular complexity index is 605. The van der Waals surface area contributed by atoms with E-state index in [4.69, 9.17) is 5.73 Å². The van der Waals surface area contributed by atoms with Crippen LogP contribution in [0, 0.1) is 6.92 Å². The molecule has 2 amide bonds. The van der Waals surface area contributed by atoms with Crippen LogP contribution < -0.4 is 11.1 Å². The van der Waals surface area contributed by atoms with E-state index in [1.807, 2.05) is 18.4 Å². The van der Waals surface area contributed by atoms with Crippen molar-refractivity contribution in [2.24, 2.45) is 0 Å². The maximum absolute atomic E-state index is 11.9. The van der Waals surface area contributed by atoms with Crippen molar-refractivity contribution in [1.29, 1.82) is 0 Å². The van der Waals surface area contributed by atoms with Crippen molar-refractivity contribution in [1.82, 2.24) is 5.32 Å². The van der Waals surface area contributed by atoms with Gasteiger partial charge in [0.25, 0.3) is 11.8 Å². The van der Waals surface area contributed by atoms with Gasteiger partial charge in [-0.2, -0.15) is 0 Å². The summed E-state index contributed by atoms with van der Waals surface area (Å²) in [5.41, 5.74) is 7.19. The van der Waals surface area contributed by atoms with E-state index in [9.17, 15) is 9.59 Å². The Labute approximate surface area is 108 Å². The largest absolute Gasteiger partial charge is 0.398 e. The molecular formula is C13H12N2O2S. The van der Waals surface area contributed by atoms with E-state index in [0.29, 0.717) is 16.1 Å². The molecule has 0 spiro atoms. The normalized spacial score (nSPS) is 10.1. The van der Waals surface area contributed by atoms with E-state index < -0.39 is 11.8 Å². The van der Waals surface area contributed by atoms with Gasteiger partial charge in [-0.15, -0.1) is 11.3 Å². The predicted molar refractivity (Wildman–Crippen MR) is 71.7 cm³/mol. The van der Waals surface area contributed by atoms with Gasteiger partial charge < -0.3 is 5.73 Å². The molecule has 0 radical (unpaired) electrons. The molecule has 0 fully saturated rings. The number of hydrogen-bond donors (Lipinski definition) is 2. The van der Waals surface area contributed by atoms with Crippen LogP contribution in [-0.4, -0.2) is 11.8 Å². The van der Waals surface area contributed by atoms with Gasteiger partial charge in [0.2, 0.25) is 0 Å². The van der Waals surface area contributed by atoms with Gasteiger partial charge in [0, 0.05) is 5.69 Å². The molecule has 4 nitrogen and oxygen atoms in total. The number of amides is 2. The van der Waals surface area contributed by atoms with Gasteiger partial charge in [-0.05, 0) is 36.1 Å². The minimum atomic E-state index is -0.481. The van der Waals surface area contributed by atoms with Crippen molar-refractivity contribution in [3.63, 3.8) is 0 Å². The number of nitrogens with one attached hydrogen (secondary N) is 1. The first-order valence-electron chi connectivity index (χ1n) is 5.34. The average Bonchev–Trinajstić information content (AvgIpc) is 2.76. The van der Waals surface area contributed by atoms with Crippen molar-refractivity contribution in [2.45, 2.75) is 6.92 Å². The predicted octanol–water partition coefficient (Wildman–Crippen LogP) is 2.21. The summed E-state index contributed by atoms with van der Waals surface area (Å²) in [5, 5.41) is 4.14. The Morgan fingerprint density at radius 2 is 1.89 bits per heavy atom. The second-order valence-corrected chi connectivity index (χ2v) is 4.72. The summed E-state index contributed by atoms with van der Waals surface area (Å²) in [6.07, 6.45) is 0. The second-order valence-electron chi connectivity index (χ2n) is 3.80. The first-order chi connectivity index (χ1) is 8.59. The number of para-hydroxylation sites is 1. The first-order valence-corrected chi connectivity index (χ1v) is 6.22. The van der Waals surface area contributed by atoms with E-state index in [0.717, 1.165) is 5.56 Å². The van der Waals surface area contributed by atoms with Crippen LogP contribution in [0.5, 0.6) is 0 Å². The number of hydrogen-bond acceptors (Lipinski definition) is 4. The first kappa shape index (κ1) is 12.3. The highest BCUT2D eigenvalue weighted by Crippen LogP contribution is 2.16. The zero-order valence-electron chi connectivity index (χ0n) is 9.77. The molecule has 1 aromatic carbocycles. The van der Waals surface area contributed by atoms with Gasteiger partial charge in [0.1, 0.15) is 0 Å². The van der Waals surface area contributed by atoms with Crippen molar-refractivity contribution < 1.29 is 9.59 Å². The monoisotopic (exact) mass is 260 g/mol. The van der Waals surface area contributed by atoms with E-state index in [2.05, 4.69) is 5.32 Å². The van der Waals surface area contributed by atoms with Crippen LogP contribution in [0.25, 0.3) is 0 Å². The third-order valence-corrected chi connectivity index (χ3v) is 3.52. The van der Waals surface area contributed by atoms with Crippen LogP contribution in [0.1, 0.15) is 25.6 Å². The van der Waals surface area contributed by atoms with Gasteiger partial charge in [-0.3, -0.25) is 14.9 Å². The molecule has 5 heteroatoms. The Hall–Kier alpha value is -2.14. The summed E-state index contributed by atoms with van der Waals surface area (Å²) in [6, 6.07) is 8.47. The standard InChI is InChI=1S/C13H12N2O2S/c1-8-6-7-18-11(8)13(17)15-12(16)9-4-2-3-5-10(9)14/h2-7H,14H2,1H3,(H,15,16,17). The van der Waals surface area contributed by atoms with Crippen molar-refractivity contribution in [2.75, 3.05) is 5.73 Å². The van der Waals surface area contributed by atoms with Gasteiger partial charge >= 0.3 is 0 Å². The molecule has 0 atom stereocenters. The molecule has 0 bridgehead atoms. The molecule has 0 aliphatic rings. The summed E-state index contributed by atoms with van der Waals surface area (Å²) in [5.74, 6) is -0.873. The molecule has 1 heterocycles. The molecule has 0 saturated carbocycles. The van der Waals surface area contributed by atoms with Crippen molar-refractivity contribution in [3.8, 4) is 0 Å². The summed E-state index contributed by atoms with van der Waals surface area (Å²) >= 11 is 1.30. The minimum Gasteiger partial charge on any atom is -0.398 e. The van der Waals surface area contributed by atoms with Gasteiger partial charge in [0.05, 0.1) is 10.4 Å². The number of thiophene rings is 1. The number of aryl methyl sites for hydroxylation is 1. The topological polar surface area (TPSA) is 72.2 Å². The van der Waals surface area contributed by atoms with Crippen LogP contribution in [0.15, 0.2) is 35.7 Å². The Balaban J connectivity index is 2.16. The minimum absolute atomic E-state index is 0.306. The number of nitrogens with two attached hydrogens (primary N) is 1. The maximum atomic E-state index is 11.9. The zero-order valence-corrected chi connectivity index (χ0v) is 10.6. The molecule has 0 aliphatic heterocycles. The number of imide groups is 1. The summed E-state index contributed by atoms with van der Waals surface area (Å²) in [7, 11) is 0. The molecular weight excluding hydrogens is 248 g/mol. The van der Waals surface area contributed by atoms with Gasteiger partial charge in [-0.25, -0.2) is 0 Å². The number of benzene rings is 1. The lowest BCUT2D eigenvalue weighted by atomic mass is 10.1. The highest BCUT2D eigenvalue weighted by atomic mass is 32.1. The molecule has 0 unspecified atom stereocenters. The van der Waals surface area contributed by atoms with Gasteiger partial charge in [0.15, 0.2) is 0 Å². The molecule has 1 aromatic heterocycles. The molecule has 92 valence electrons. The van der Waals surface area contributed by atoms with Crippen LogP contribution in [0.3, 0.4) is 0 Å². The summed E-state index contributed by atoms with van der Waals surface area (Å²) in [4.78, 5) is 24.3. The lowest BCUT2D eigenvalue weighted by molar-refractivity contribution is 0.0852. The highest BCUT2D eigenvalue weighted by Gasteiger charge is 2.16. The number of carbonyl (C=O) groups excluding carboxylic acids is 2. The van der Waals surface area contributed by atoms with E-state index in [1.165, 1.54) is 11.3 Å². The fourth-order valence-electron chi connectivity index (χ4n) is 1.54. The quantitative estimate of drug-likeness (QED) is 0.642. The van der Waals surface area contributed by atoms with Crippen LogP contribution in [0.2, 0.25) is 0 Å². The van der Waals surface area contributed by atoms with Crippen LogP contribution >= 0.6 is 11.3 Å². The van der Waals surface area contributed by atoms with Crippen LogP contribution in [-0.2, 0) is 0 Å². The lowest BCUT2D eigenvalue weighted by Gasteiger charge is -2.05. The van der Waals surface area contributed by atoms with E-state index in [-0.39, 0.29) is 0 Å². The molecule has 2 aromatic rings. The number of carbonyl (C=O) groups is 2. The van der Waals surface area contributed by atoms with Gasteiger partial charge in [-0.1, -0.05) is 12.1 Å². The Morgan fingerprint density at radius 1 is 1.17 bits per heavy atom. The third kappa shape index (κ3) is 2.41. The zero-order chi connectivity index (χ0) is 13.1. The fraction of sp³-hybridized carbons (Fsp3) is 0.0769. The fourth-order valence-corrected chi connectivity index (χ4v) is 2.36. The van der Waals surface area contributed by atoms with Crippen molar-refractivity contribution in [3.05, 3.63) is 51.7 Å². The number of nitrogen functional groups attached to an aromatic ring is 1. The molecule has 0 aliphatic carbocycles. The van der Waals surface area contributed by atoms with Crippen LogP contribution in [0.4, 0.5) is 5.69 Å². The van der Waals surface area contributed by atoms with E-state index in [1.54, 1.807) is 24.3 Å². The smallest absolute Gasteiger partial charge is 0.268 e. The lowest BCUT2D eigenvalue weighted by Crippen LogP contribution is -2.30. The average molecular weight is 260 g/mol. The highest BCUT2D eigenvalue weighted by molar-refractivity contribution is 7.12. The second kappa shape index (κ2) is 5.01. The summed E-state index contributed by atoms with van der Waals surface area (Å²) in [6.45, 7) is 1.83. The maximum Gasteiger partial charge on any atom is 0.268 e.